The molecule has 0 saturated heterocycles. The number of aryl methyl sites for hydroxylation is 1. The van der Waals surface area contributed by atoms with Crippen LogP contribution in [0.5, 0.6) is 0 Å². The second kappa shape index (κ2) is 8.69. The Hall–Kier alpha value is -3.27. The molecule has 1 atom stereocenters. The van der Waals surface area contributed by atoms with E-state index < -0.39 is 45.7 Å². The van der Waals surface area contributed by atoms with Gasteiger partial charge >= 0.3 is 12.1 Å². The number of hydrogen-bond donors (Lipinski definition) is 2. The van der Waals surface area contributed by atoms with Crippen molar-refractivity contribution in [3.05, 3.63) is 56.2 Å². The highest BCUT2D eigenvalue weighted by Gasteiger charge is 2.32. The number of nitrogens with one attached hydrogen (secondary N) is 1. The Labute approximate surface area is 209 Å². The average molecular weight is 517 g/mol. The van der Waals surface area contributed by atoms with Crippen molar-refractivity contribution in [3.8, 4) is 10.4 Å². The lowest BCUT2D eigenvalue weighted by Gasteiger charge is -2.26. The summed E-state index contributed by atoms with van der Waals surface area (Å²) in [5, 5.41) is 11.8. The molecule has 5 rings (SSSR count). The minimum atomic E-state index is -1.48. The summed E-state index contributed by atoms with van der Waals surface area (Å²) in [5.41, 5.74) is -1.63. The molecule has 2 aliphatic carbocycles. The Morgan fingerprint density at radius 3 is 2.56 bits per heavy atom. The van der Waals surface area contributed by atoms with Crippen LogP contribution in [0.1, 0.15) is 79.3 Å². The molecule has 1 aromatic carbocycles. The third-order valence-electron chi connectivity index (χ3n) is 6.43. The molecule has 0 spiro atoms. The Kier molecular flexibility index (Phi) is 5.89. The van der Waals surface area contributed by atoms with Crippen molar-refractivity contribution in [2.75, 3.05) is 0 Å². The number of alkyl carbamates (subject to hydrolysis) is 1. The number of ether oxygens (including phenoxy) is 1. The predicted molar refractivity (Wildman–Crippen MR) is 132 cm³/mol. The van der Waals surface area contributed by atoms with E-state index in [1.807, 2.05) is 0 Å². The predicted octanol–water partition coefficient (Wildman–Crippen LogP) is 5.94. The number of carboxylic acids is 1. The number of halogens is 2. The van der Waals surface area contributed by atoms with Crippen LogP contribution in [0.2, 0.25) is 0 Å². The second-order valence-electron chi connectivity index (χ2n) is 10.3. The van der Waals surface area contributed by atoms with E-state index in [4.69, 9.17) is 4.74 Å². The van der Waals surface area contributed by atoms with Gasteiger partial charge in [0.05, 0.1) is 16.9 Å². The number of thiophene rings is 1. The van der Waals surface area contributed by atoms with Crippen LogP contribution >= 0.6 is 11.3 Å². The van der Waals surface area contributed by atoms with Gasteiger partial charge < -0.3 is 19.7 Å². The number of carboxylic acid groups (broad SMARTS) is 1. The van der Waals surface area contributed by atoms with Gasteiger partial charge in [0, 0.05) is 27.6 Å². The van der Waals surface area contributed by atoms with Crippen molar-refractivity contribution < 1.29 is 28.2 Å². The number of rotatable bonds is 4. The monoisotopic (exact) mass is 516 g/mol. The van der Waals surface area contributed by atoms with E-state index in [2.05, 4.69) is 5.32 Å². The minimum Gasteiger partial charge on any atom is -0.477 e. The van der Waals surface area contributed by atoms with Crippen LogP contribution in [0.25, 0.3) is 21.3 Å². The number of pyridine rings is 1. The largest absolute Gasteiger partial charge is 0.477 e. The smallest absolute Gasteiger partial charge is 0.408 e. The van der Waals surface area contributed by atoms with Crippen molar-refractivity contribution in [1.82, 2.24) is 9.88 Å². The normalized spacial score (nSPS) is 17.6. The molecule has 0 aliphatic heterocycles. The van der Waals surface area contributed by atoms with Crippen LogP contribution in [-0.4, -0.2) is 27.3 Å². The first kappa shape index (κ1) is 24.4. The highest BCUT2D eigenvalue weighted by atomic mass is 32.1. The molecule has 1 saturated carbocycles. The molecule has 7 nitrogen and oxygen atoms in total. The summed E-state index contributed by atoms with van der Waals surface area (Å²) in [6, 6.07) is 2.23. The van der Waals surface area contributed by atoms with Crippen molar-refractivity contribution in [3.63, 3.8) is 0 Å². The summed E-state index contributed by atoms with van der Waals surface area (Å²) in [5.74, 6) is -3.20. The zero-order valence-corrected chi connectivity index (χ0v) is 20.9. The number of aromatic nitrogens is 1. The molecule has 2 N–H and O–H groups in total. The molecule has 2 aliphatic rings. The molecule has 3 aromatic rings. The summed E-state index contributed by atoms with van der Waals surface area (Å²) < 4.78 is 38.1. The lowest BCUT2D eigenvalue weighted by Crippen LogP contribution is -2.35. The zero-order chi connectivity index (χ0) is 25.9. The molecule has 2 aromatic heterocycles. The molecule has 1 amide bonds. The van der Waals surface area contributed by atoms with Crippen LogP contribution in [0.3, 0.4) is 0 Å². The van der Waals surface area contributed by atoms with E-state index in [9.17, 15) is 19.5 Å². The minimum absolute atomic E-state index is 0.00675. The van der Waals surface area contributed by atoms with Gasteiger partial charge in [-0.2, -0.15) is 0 Å². The molecule has 0 bridgehead atoms. The van der Waals surface area contributed by atoms with Crippen molar-refractivity contribution in [2.24, 2.45) is 0 Å². The van der Waals surface area contributed by atoms with E-state index >= 15 is 8.78 Å². The lowest BCUT2D eigenvalue weighted by atomic mass is 9.93. The summed E-state index contributed by atoms with van der Waals surface area (Å²) in [6.45, 7) is 5.33. The number of hydrogen-bond acceptors (Lipinski definition) is 5. The number of carbonyl (C=O) groups excluding carboxylic acids is 1. The summed E-state index contributed by atoms with van der Waals surface area (Å²) >= 11 is 1.33. The van der Waals surface area contributed by atoms with Gasteiger partial charge in [-0.15, -0.1) is 11.3 Å². The Morgan fingerprint density at radius 1 is 1.19 bits per heavy atom. The maximum atomic E-state index is 16.0. The van der Waals surface area contributed by atoms with E-state index in [1.54, 1.807) is 26.8 Å². The summed E-state index contributed by atoms with van der Waals surface area (Å²) in [4.78, 5) is 38.1. The van der Waals surface area contributed by atoms with Gasteiger partial charge in [-0.25, -0.2) is 18.4 Å². The molecule has 190 valence electrons. The quantitative estimate of drug-likeness (QED) is 0.447. The van der Waals surface area contributed by atoms with Gasteiger partial charge in [0.2, 0.25) is 5.43 Å². The fourth-order valence-electron chi connectivity index (χ4n) is 4.73. The zero-order valence-electron chi connectivity index (χ0n) is 20.1. The van der Waals surface area contributed by atoms with E-state index in [0.29, 0.717) is 24.1 Å². The average Bonchev–Trinajstić information content (AvgIpc) is 3.52. The van der Waals surface area contributed by atoms with Crippen molar-refractivity contribution in [2.45, 2.75) is 70.6 Å². The van der Waals surface area contributed by atoms with Crippen LogP contribution < -0.4 is 10.7 Å². The first-order valence-corrected chi connectivity index (χ1v) is 12.7. The first-order chi connectivity index (χ1) is 16.9. The van der Waals surface area contributed by atoms with E-state index in [-0.39, 0.29) is 23.2 Å². The number of nitrogens with zero attached hydrogens (tertiary/aromatic N) is 1. The number of benzene rings is 1. The maximum Gasteiger partial charge on any atom is 0.408 e. The molecule has 0 radical (unpaired) electrons. The standard InChI is InChI=1S/C26H26F2N2O5S/c1-26(2,3)35-25(34)29-17-5-4-6-18-13(17)10-19(36-18)14-9-16(27)20-22(21(14)28)30(12-7-8-12)11-15(23(20)31)24(32)33/h9-12,17H,4-8H2,1-3H3,(H,29,34)(H,32,33). The third-order valence-corrected chi connectivity index (χ3v) is 7.67. The van der Waals surface area contributed by atoms with Crippen molar-refractivity contribution >= 4 is 34.3 Å². The lowest BCUT2D eigenvalue weighted by molar-refractivity contribution is 0.0498. The number of amides is 1. The second-order valence-corrected chi connectivity index (χ2v) is 11.5. The van der Waals surface area contributed by atoms with Gasteiger partial charge in [0.15, 0.2) is 5.82 Å². The van der Waals surface area contributed by atoms with Crippen LogP contribution in [-0.2, 0) is 11.2 Å². The fourth-order valence-corrected chi connectivity index (χ4v) is 6.00. The molecule has 2 heterocycles. The van der Waals surface area contributed by atoms with E-state index in [0.717, 1.165) is 35.5 Å². The fraction of sp³-hybridized carbons (Fsp3) is 0.423. The number of carbonyl (C=O) groups is 2. The first-order valence-electron chi connectivity index (χ1n) is 11.9. The Morgan fingerprint density at radius 2 is 1.92 bits per heavy atom. The van der Waals surface area contributed by atoms with Gasteiger partial charge in [0.1, 0.15) is 17.0 Å². The Balaban J connectivity index is 1.60. The van der Waals surface area contributed by atoms with Crippen LogP contribution in [0.15, 0.2) is 23.1 Å². The molecule has 36 heavy (non-hydrogen) atoms. The molecule has 10 heteroatoms. The highest BCUT2D eigenvalue weighted by Crippen LogP contribution is 2.44. The van der Waals surface area contributed by atoms with Crippen molar-refractivity contribution in [1.29, 1.82) is 0 Å². The maximum absolute atomic E-state index is 16.0. The number of aromatic carboxylic acids is 1. The van der Waals surface area contributed by atoms with Gasteiger partial charge in [0.25, 0.3) is 0 Å². The SMILES string of the molecule is CC(C)(C)OC(=O)NC1CCCc2sc(-c3cc(F)c4c(=O)c(C(=O)O)cn(C5CC5)c4c3F)cc21. The summed E-state index contributed by atoms with van der Waals surface area (Å²) in [6.07, 6.45) is 4.22. The van der Waals surface area contributed by atoms with Gasteiger partial charge in [-0.3, -0.25) is 4.79 Å². The van der Waals surface area contributed by atoms with Crippen LogP contribution in [0.4, 0.5) is 13.6 Å². The van der Waals surface area contributed by atoms with E-state index in [1.165, 1.54) is 15.9 Å². The third kappa shape index (κ3) is 4.38. The Bertz CT molecular complexity index is 1470. The molecular formula is C26H26F2N2O5S. The van der Waals surface area contributed by atoms with Crippen LogP contribution in [0, 0.1) is 11.6 Å². The summed E-state index contributed by atoms with van der Waals surface area (Å²) in [7, 11) is 0. The molecular weight excluding hydrogens is 490 g/mol. The molecule has 1 fully saturated rings. The highest BCUT2D eigenvalue weighted by molar-refractivity contribution is 7.15. The van der Waals surface area contributed by atoms with Gasteiger partial charge in [-0.1, -0.05) is 0 Å². The molecule has 1 unspecified atom stereocenters. The number of fused-ring (bicyclic) bond motifs is 2. The van der Waals surface area contributed by atoms with Gasteiger partial charge in [-0.05, 0) is 70.6 Å². The topological polar surface area (TPSA) is 97.6 Å².